The third-order valence-corrected chi connectivity index (χ3v) is 2.11. The summed E-state index contributed by atoms with van der Waals surface area (Å²) in [4.78, 5) is 0. The molecule has 0 aromatic heterocycles. The molecular formula is C13H17NO. The van der Waals surface area contributed by atoms with E-state index in [1.165, 1.54) is 5.56 Å². The Morgan fingerprint density at radius 2 is 2.13 bits per heavy atom. The molecule has 0 atom stereocenters. The van der Waals surface area contributed by atoms with Crippen molar-refractivity contribution in [1.82, 2.24) is 5.32 Å². The van der Waals surface area contributed by atoms with Crippen LogP contribution in [0.4, 0.5) is 0 Å². The summed E-state index contributed by atoms with van der Waals surface area (Å²) in [5.41, 5.74) is 1.18. The van der Waals surface area contributed by atoms with Gasteiger partial charge in [-0.05, 0) is 13.0 Å². The fourth-order valence-corrected chi connectivity index (χ4v) is 1.35. The van der Waals surface area contributed by atoms with Gasteiger partial charge in [-0.1, -0.05) is 18.2 Å². The van der Waals surface area contributed by atoms with Gasteiger partial charge < -0.3 is 10.1 Å². The second-order valence-electron chi connectivity index (χ2n) is 3.17. The Morgan fingerprint density at radius 3 is 2.87 bits per heavy atom. The molecule has 0 unspecified atom stereocenters. The summed E-state index contributed by atoms with van der Waals surface area (Å²) in [5, 5.41) is 3.33. The van der Waals surface area contributed by atoms with E-state index in [2.05, 4.69) is 23.2 Å². The molecule has 1 rings (SSSR count). The number of ether oxygens (including phenoxy) is 1. The first-order valence-corrected chi connectivity index (χ1v) is 5.10. The van der Waals surface area contributed by atoms with Crippen LogP contribution in [0.1, 0.15) is 18.9 Å². The quantitative estimate of drug-likeness (QED) is 0.585. The Labute approximate surface area is 91.6 Å². The van der Waals surface area contributed by atoms with Crippen molar-refractivity contribution in [3.63, 3.8) is 0 Å². The highest BCUT2D eigenvalue weighted by Crippen LogP contribution is 2.16. The van der Waals surface area contributed by atoms with E-state index in [1.807, 2.05) is 25.1 Å². The monoisotopic (exact) mass is 203 g/mol. The minimum Gasteiger partial charge on any atom is -0.496 e. The topological polar surface area (TPSA) is 21.3 Å². The van der Waals surface area contributed by atoms with Crippen LogP contribution >= 0.6 is 0 Å². The van der Waals surface area contributed by atoms with E-state index in [0.29, 0.717) is 0 Å². The largest absolute Gasteiger partial charge is 0.496 e. The normalized spacial score (nSPS) is 9.20. The Bertz CT molecular complexity index is 349. The van der Waals surface area contributed by atoms with Gasteiger partial charge in [0, 0.05) is 25.1 Å². The van der Waals surface area contributed by atoms with Crippen LogP contribution in [-0.2, 0) is 6.54 Å². The lowest BCUT2D eigenvalue weighted by atomic mass is 10.2. The van der Waals surface area contributed by atoms with Crippen LogP contribution < -0.4 is 10.1 Å². The van der Waals surface area contributed by atoms with Crippen LogP contribution in [0.3, 0.4) is 0 Å². The molecule has 0 radical (unpaired) electrons. The van der Waals surface area contributed by atoms with Gasteiger partial charge in [-0.2, -0.15) is 0 Å². The molecule has 0 bridgehead atoms. The third-order valence-electron chi connectivity index (χ3n) is 2.11. The Balaban J connectivity index is 2.38. The van der Waals surface area contributed by atoms with E-state index < -0.39 is 0 Å². The molecule has 0 aliphatic heterocycles. The molecule has 0 aliphatic rings. The Hall–Kier alpha value is -1.46. The molecule has 0 aliphatic carbocycles. The summed E-state index contributed by atoms with van der Waals surface area (Å²) in [6, 6.07) is 8.04. The number of methoxy groups -OCH3 is 1. The van der Waals surface area contributed by atoms with Gasteiger partial charge in [0.25, 0.3) is 0 Å². The molecule has 0 heterocycles. The highest BCUT2D eigenvalue weighted by Gasteiger charge is 1.99. The molecule has 1 aromatic rings. The van der Waals surface area contributed by atoms with E-state index in [9.17, 15) is 0 Å². The summed E-state index contributed by atoms with van der Waals surface area (Å²) in [7, 11) is 1.70. The first-order chi connectivity index (χ1) is 7.38. The SMILES string of the molecule is CC#CCCNCc1ccccc1OC. The van der Waals surface area contributed by atoms with Crippen LogP contribution in [-0.4, -0.2) is 13.7 Å². The molecule has 0 saturated carbocycles. The molecule has 2 nitrogen and oxygen atoms in total. The molecule has 0 spiro atoms. The van der Waals surface area contributed by atoms with Gasteiger partial charge in [-0.3, -0.25) is 0 Å². The van der Waals surface area contributed by atoms with Crippen LogP contribution in [0.5, 0.6) is 5.75 Å². The second-order valence-corrected chi connectivity index (χ2v) is 3.17. The van der Waals surface area contributed by atoms with E-state index in [1.54, 1.807) is 7.11 Å². The van der Waals surface area contributed by atoms with Crippen molar-refractivity contribution >= 4 is 0 Å². The van der Waals surface area contributed by atoms with Crippen molar-refractivity contribution in [3.8, 4) is 17.6 Å². The summed E-state index contributed by atoms with van der Waals surface area (Å²) in [6.45, 7) is 3.61. The van der Waals surface area contributed by atoms with Crippen molar-refractivity contribution in [2.24, 2.45) is 0 Å². The minimum atomic E-state index is 0.829. The van der Waals surface area contributed by atoms with Crippen molar-refractivity contribution in [2.75, 3.05) is 13.7 Å². The van der Waals surface area contributed by atoms with Crippen LogP contribution in [0.2, 0.25) is 0 Å². The van der Waals surface area contributed by atoms with Crippen LogP contribution in [0, 0.1) is 11.8 Å². The number of benzene rings is 1. The number of hydrogen-bond donors (Lipinski definition) is 1. The Kier molecular flexibility index (Phi) is 5.35. The number of para-hydroxylation sites is 1. The van der Waals surface area contributed by atoms with Crippen molar-refractivity contribution < 1.29 is 4.74 Å². The molecule has 0 fully saturated rings. The molecule has 0 amide bonds. The fraction of sp³-hybridized carbons (Fsp3) is 0.385. The van der Waals surface area contributed by atoms with E-state index >= 15 is 0 Å². The van der Waals surface area contributed by atoms with Gasteiger partial charge >= 0.3 is 0 Å². The van der Waals surface area contributed by atoms with Crippen molar-refractivity contribution in [2.45, 2.75) is 19.9 Å². The fourth-order valence-electron chi connectivity index (χ4n) is 1.35. The zero-order valence-electron chi connectivity index (χ0n) is 9.34. The molecule has 1 N–H and O–H groups in total. The average molecular weight is 203 g/mol. The van der Waals surface area contributed by atoms with Crippen molar-refractivity contribution in [3.05, 3.63) is 29.8 Å². The van der Waals surface area contributed by atoms with Gasteiger partial charge in [-0.15, -0.1) is 11.8 Å². The lowest BCUT2D eigenvalue weighted by molar-refractivity contribution is 0.408. The molecular weight excluding hydrogens is 186 g/mol. The lowest BCUT2D eigenvalue weighted by Gasteiger charge is -2.08. The van der Waals surface area contributed by atoms with E-state index in [0.717, 1.165) is 25.3 Å². The first-order valence-electron chi connectivity index (χ1n) is 5.10. The molecule has 80 valence electrons. The lowest BCUT2D eigenvalue weighted by Crippen LogP contribution is -2.14. The van der Waals surface area contributed by atoms with Gasteiger partial charge in [0.1, 0.15) is 5.75 Å². The predicted octanol–water partition coefficient (Wildman–Crippen LogP) is 2.20. The van der Waals surface area contributed by atoms with Crippen LogP contribution in [0.15, 0.2) is 24.3 Å². The number of hydrogen-bond acceptors (Lipinski definition) is 2. The van der Waals surface area contributed by atoms with Gasteiger partial charge in [-0.25, -0.2) is 0 Å². The highest BCUT2D eigenvalue weighted by atomic mass is 16.5. The first kappa shape index (κ1) is 11.6. The average Bonchev–Trinajstić information content (AvgIpc) is 2.29. The van der Waals surface area contributed by atoms with Crippen molar-refractivity contribution in [1.29, 1.82) is 0 Å². The predicted molar refractivity (Wildman–Crippen MR) is 62.8 cm³/mol. The molecule has 2 heteroatoms. The van der Waals surface area contributed by atoms with Crippen LogP contribution in [0.25, 0.3) is 0 Å². The zero-order valence-corrected chi connectivity index (χ0v) is 9.34. The maximum Gasteiger partial charge on any atom is 0.123 e. The minimum absolute atomic E-state index is 0.829. The maximum absolute atomic E-state index is 5.26. The van der Waals surface area contributed by atoms with E-state index in [4.69, 9.17) is 4.74 Å². The third kappa shape index (κ3) is 4.05. The highest BCUT2D eigenvalue weighted by molar-refractivity contribution is 5.32. The van der Waals surface area contributed by atoms with Gasteiger partial charge in [0.15, 0.2) is 0 Å². The Morgan fingerprint density at radius 1 is 1.33 bits per heavy atom. The number of nitrogens with one attached hydrogen (secondary N) is 1. The molecule has 15 heavy (non-hydrogen) atoms. The molecule has 0 saturated heterocycles. The summed E-state index contributed by atoms with van der Waals surface area (Å²) in [6.07, 6.45) is 0.894. The second kappa shape index (κ2) is 6.92. The molecule has 1 aromatic carbocycles. The summed E-state index contributed by atoms with van der Waals surface area (Å²) >= 11 is 0. The smallest absolute Gasteiger partial charge is 0.123 e. The zero-order chi connectivity index (χ0) is 10.9. The maximum atomic E-state index is 5.26. The standard InChI is InChI=1S/C13H17NO/c1-3-4-7-10-14-11-12-8-5-6-9-13(12)15-2/h5-6,8-9,14H,7,10-11H2,1-2H3. The van der Waals surface area contributed by atoms with Gasteiger partial charge in [0.05, 0.1) is 7.11 Å². The van der Waals surface area contributed by atoms with Gasteiger partial charge in [0.2, 0.25) is 0 Å². The summed E-state index contributed by atoms with van der Waals surface area (Å²) < 4.78 is 5.26. The summed E-state index contributed by atoms with van der Waals surface area (Å²) in [5.74, 6) is 6.83. The van der Waals surface area contributed by atoms with E-state index in [-0.39, 0.29) is 0 Å². The number of rotatable bonds is 5.